The molecule has 0 unspecified atom stereocenters. The van der Waals surface area contributed by atoms with Crippen molar-refractivity contribution in [2.75, 3.05) is 0 Å². The van der Waals surface area contributed by atoms with Gasteiger partial charge in [0.05, 0.1) is 10.6 Å². The molecule has 0 fully saturated rings. The second-order valence-electron chi connectivity index (χ2n) is 3.70. The summed E-state index contributed by atoms with van der Waals surface area (Å²) in [6.45, 7) is 0. The molecule has 2 aromatic carbocycles. The van der Waals surface area contributed by atoms with Crippen molar-refractivity contribution >= 4 is 17.4 Å². The average Bonchev–Trinajstić information content (AvgIpc) is 2.36. The molecule has 0 bridgehead atoms. The third-order valence-corrected chi connectivity index (χ3v) is 2.73. The van der Waals surface area contributed by atoms with Crippen LogP contribution in [0.1, 0.15) is 15.9 Å². The van der Waals surface area contributed by atoms with Crippen LogP contribution in [-0.4, -0.2) is 5.78 Å². The largest absolute Gasteiger partial charge is 0.288 e. The Balaban J connectivity index is 2.49. The van der Waals surface area contributed by atoms with Crippen LogP contribution in [0.25, 0.3) is 0 Å². The molecule has 1 nitrogen and oxygen atoms in total. The normalized spacial score (nSPS) is 10.6. The molecule has 6 heteroatoms. The summed E-state index contributed by atoms with van der Waals surface area (Å²) in [4.78, 5) is 11.9. The lowest BCUT2D eigenvalue weighted by molar-refractivity contribution is 0.103. The number of carbonyl (C=O) groups excluding carboxylic acids is 1. The number of benzene rings is 2. The van der Waals surface area contributed by atoms with E-state index in [1.807, 2.05) is 0 Å². The van der Waals surface area contributed by atoms with Gasteiger partial charge in [-0.2, -0.15) is 0 Å². The van der Waals surface area contributed by atoms with Crippen LogP contribution < -0.4 is 0 Å². The zero-order valence-electron chi connectivity index (χ0n) is 9.18. The van der Waals surface area contributed by atoms with Gasteiger partial charge in [-0.05, 0) is 30.3 Å². The van der Waals surface area contributed by atoms with Crippen LogP contribution in [0, 0.1) is 23.3 Å². The lowest BCUT2D eigenvalue weighted by Gasteiger charge is -2.05. The van der Waals surface area contributed by atoms with E-state index in [4.69, 9.17) is 11.6 Å². The molecule has 0 aliphatic carbocycles. The number of hydrogen-bond donors (Lipinski definition) is 0. The summed E-state index contributed by atoms with van der Waals surface area (Å²) in [5.41, 5.74) is -0.896. The van der Waals surface area contributed by atoms with Gasteiger partial charge in [-0.1, -0.05) is 11.6 Å². The Labute approximate surface area is 110 Å². The van der Waals surface area contributed by atoms with E-state index in [0.717, 1.165) is 12.1 Å². The molecule has 98 valence electrons. The third-order valence-electron chi connectivity index (χ3n) is 2.44. The van der Waals surface area contributed by atoms with Gasteiger partial charge in [0.1, 0.15) is 11.6 Å². The molecule has 0 radical (unpaired) electrons. The number of carbonyl (C=O) groups is 1. The Kier molecular flexibility index (Phi) is 3.57. The number of ketones is 1. The van der Waals surface area contributed by atoms with Crippen molar-refractivity contribution in [2.24, 2.45) is 0 Å². The minimum atomic E-state index is -1.25. The fraction of sp³-hybridized carbons (Fsp3) is 0. The maximum Gasteiger partial charge on any atom is 0.196 e. The van der Waals surface area contributed by atoms with Crippen molar-refractivity contribution in [3.8, 4) is 0 Å². The summed E-state index contributed by atoms with van der Waals surface area (Å²) in [6, 6.07) is 3.58. The number of hydrogen-bond acceptors (Lipinski definition) is 1. The van der Waals surface area contributed by atoms with Gasteiger partial charge in [0, 0.05) is 5.56 Å². The van der Waals surface area contributed by atoms with E-state index in [1.165, 1.54) is 0 Å². The van der Waals surface area contributed by atoms with E-state index < -0.39 is 39.6 Å². The van der Waals surface area contributed by atoms with Crippen LogP contribution in [0.5, 0.6) is 0 Å². The second-order valence-corrected chi connectivity index (χ2v) is 4.11. The Bertz CT molecular complexity index is 670. The number of halogens is 5. The van der Waals surface area contributed by atoms with Gasteiger partial charge >= 0.3 is 0 Å². The average molecular weight is 289 g/mol. The highest BCUT2D eigenvalue weighted by molar-refractivity contribution is 6.30. The van der Waals surface area contributed by atoms with Crippen molar-refractivity contribution in [2.45, 2.75) is 0 Å². The summed E-state index contributed by atoms with van der Waals surface area (Å²) in [5, 5.41) is -0.473. The first kappa shape index (κ1) is 13.5. The van der Waals surface area contributed by atoms with Gasteiger partial charge in [-0.3, -0.25) is 4.79 Å². The highest BCUT2D eigenvalue weighted by Crippen LogP contribution is 2.22. The summed E-state index contributed by atoms with van der Waals surface area (Å²) in [5.74, 6) is -5.37. The van der Waals surface area contributed by atoms with Gasteiger partial charge in [-0.25, -0.2) is 17.6 Å². The standard InChI is InChI=1S/C13H5ClF4O/c14-8-5-10(16)7(4-11(8)17)13(19)6-1-2-9(15)12(18)3-6/h1-5H. The van der Waals surface area contributed by atoms with E-state index in [2.05, 4.69) is 0 Å². The molecule has 0 amide bonds. The van der Waals surface area contributed by atoms with Crippen molar-refractivity contribution in [1.29, 1.82) is 0 Å². The van der Waals surface area contributed by atoms with Gasteiger partial charge in [-0.15, -0.1) is 0 Å². The first-order valence-electron chi connectivity index (χ1n) is 5.04. The number of rotatable bonds is 2. The van der Waals surface area contributed by atoms with Crippen molar-refractivity contribution in [3.05, 3.63) is 69.8 Å². The molecule has 0 aliphatic heterocycles. The molecule has 2 aromatic rings. The first-order chi connectivity index (χ1) is 8.90. The molecular weight excluding hydrogens is 284 g/mol. The highest BCUT2D eigenvalue weighted by atomic mass is 35.5. The van der Waals surface area contributed by atoms with Crippen molar-refractivity contribution < 1.29 is 22.4 Å². The van der Waals surface area contributed by atoms with E-state index in [-0.39, 0.29) is 5.56 Å². The van der Waals surface area contributed by atoms with Gasteiger partial charge in [0.2, 0.25) is 0 Å². The topological polar surface area (TPSA) is 17.1 Å². The molecule has 0 saturated carbocycles. The Hall–Kier alpha value is -1.88. The lowest BCUT2D eigenvalue weighted by atomic mass is 10.0. The first-order valence-corrected chi connectivity index (χ1v) is 5.42. The lowest BCUT2D eigenvalue weighted by Crippen LogP contribution is -2.06. The van der Waals surface area contributed by atoms with Gasteiger partial charge < -0.3 is 0 Å². The van der Waals surface area contributed by atoms with Gasteiger partial charge in [0.15, 0.2) is 17.4 Å². The summed E-state index contributed by atoms with van der Waals surface area (Å²) in [7, 11) is 0. The van der Waals surface area contributed by atoms with Crippen molar-refractivity contribution in [1.82, 2.24) is 0 Å². The SMILES string of the molecule is O=C(c1ccc(F)c(F)c1)c1cc(F)c(Cl)cc1F. The minimum Gasteiger partial charge on any atom is -0.288 e. The fourth-order valence-electron chi connectivity index (χ4n) is 1.49. The molecule has 19 heavy (non-hydrogen) atoms. The predicted molar refractivity (Wildman–Crippen MR) is 61.2 cm³/mol. The highest BCUT2D eigenvalue weighted by Gasteiger charge is 2.18. The zero-order chi connectivity index (χ0) is 14.2. The molecule has 0 heterocycles. The molecular formula is C13H5ClF4O. The van der Waals surface area contributed by atoms with Crippen LogP contribution in [-0.2, 0) is 0 Å². The fourth-order valence-corrected chi connectivity index (χ4v) is 1.64. The summed E-state index contributed by atoms with van der Waals surface area (Å²) < 4.78 is 52.4. The second kappa shape index (κ2) is 5.01. The van der Waals surface area contributed by atoms with Crippen LogP contribution in [0.2, 0.25) is 5.02 Å². The van der Waals surface area contributed by atoms with E-state index in [9.17, 15) is 22.4 Å². The molecule has 0 N–H and O–H groups in total. The van der Waals surface area contributed by atoms with Gasteiger partial charge in [0.25, 0.3) is 0 Å². The minimum absolute atomic E-state index is 0.292. The molecule has 0 aromatic heterocycles. The monoisotopic (exact) mass is 288 g/mol. The quantitative estimate of drug-likeness (QED) is 0.461. The Morgan fingerprint density at radius 1 is 0.842 bits per heavy atom. The van der Waals surface area contributed by atoms with Crippen LogP contribution in [0.3, 0.4) is 0 Å². The molecule has 2 rings (SSSR count). The van der Waals surface area contributed by atoms with Crippen LogP contribution >= 0.6 is 11.6 Å². The summed E-state index contributed by atoms with van der Waals surface area (Å²) >= 11 is 5.35. The van der Waals surface area contributed by atoms with E-state index in [1.54, 1.807) is 0 Å². The third kappa shape index (κ3) is 2.61. The molecule has 0 atom stereocenters. The van der Waals surface area contributed by atoms with E-state index in [0.29, 0.717) is 18.2 Å². The molecule has 0 aliphatic rings. The predicted octanol–water partition coefficient (Wildman–Crippen LogP) is 4.13. The van der Waals surface area contributed by atoms with Crippen LogP contribution in [0.4, 0.5) is 17.6 Å². The molecule has 0 saturated heterocycles. The van der Waals surface area contributed by atoms with Crippen molar-refractivity contribution in [3.63, 3.8) is 0 Å². The Morgan fingerprint density at radius 3 is 2.16 bits per heavy atom. The van der Waals surface area contributed by atoms with E-state index >= 15 is 0 Å². The van der Waals surface area contributed by atoms with Crippen LogP contribution in [0.15, 0.2) is 30.3 Å². The Morgan fingerprint density at radius 2 is 1.53 bits per heavy atom. The maximum atomic E-state index is 13.5. The smallest absolute Gasteiger partial charge is 0.196 e. The zero-order valence-corrected chi connectivity index (χ0v) is 9.94. The molecule has 0 spiro atoms. The summed E-state index contributed by atoms with van der Waals surface area (Å²) in [6.07, 6.45) is 0. The maximum absolute atomic E-state index is 13.5.